The largest absolute Gasteiger partial charge is 2.00 e. The molecule has 0 aliphatic carbocycles. The van der Waals surface area contributed by atoms with Crippen molar-refractivity contribution in [2.24, 2.45) is 0 Å². The molecule has 6 rings (SSSR count). The second kappa shape index (κ2) is 13.1. The molecule has 0 radical (unpaired) electrons. The van der Waals surface area contributed by atoms with Crippen LogP contribution in [0.4, 0.5) is 8.78 Å². The zero-order valence-corrected chi connectivity index (χ0v) is 27.2. The maximum absolute atomic E-state index is 15.1. The van der Waals surface area contributed by atoms with Gasteiger partial charge in [0.25, 0.3) is 0 Å². The predicted octanol–water partition coefficient (Wildman–Crippen LogP) is 7.26. The van der Waals surface area contributed by atoms with Crippen molar-refractivity contribution in [3.63, 3.8) is 0 Å². The third-order valence-electron chi connectivity index (χ3n) is 7.67. The minimum absolute atomic E-state index is 0. The predicted molar refractivity (Wildman–Crippen MR) is 164 cm³/mol. The van der Waals surface area contributed by atoms with E-state index in [1.54, 1.807) is 25.3 Å². The zero-order chi connectivity index (χ0) is 30.8. The van der Waals surface area contributed by atoms with E-state index >= 15 is 4.39 Å². The number of imidazole rings is 1. The van der Waals surface area contributed by atoms with Crippen molar-refractivity contribution in [2.45, 2.75) is 19.3 Å². The van der Waals surface area contributed by atoms with Crippen LogP contribution in [0.3, 0.4) is 0 Å². The van der Waals surface area contributed by atoms with E-state index in [2.05, 4.69) is 16.0 Å². The first-order valence-corrected chi connectivity index (χ1v) is 13.9. The topological polar surface area (TPSA) is 71.2 Å². The van der Waals surface area contributed by atoms with Crippen LogP contribution >= 0.6 is 0 Å². The van der Waals surface area contributed by atoms with E-state index in [0.717, 1.165) is 34.6 Å². The van der Waals surface area contributed by atoms with Gasteiger partial charge in [0.05, 0.1) is 31.3 Å². The number of halogens is 2. The summed E-state index contributed by atoms with van der Waals surface area (Å²) in [5.41, 5.74) is 3.94. The summed E-state index contributed by atoms with van der Waals surface area (Å²) in [6, 6.07) is 31.3. The Morgan fingerprint density at radius 3 is 1.73 bits per heavy atom. The van der Waals surface area contributed by atoms with Gasteiger partial charge in [0.15, 0.2) is 0 Å². The molecule has 3 heterocycles. The summed E-state index contributed by atoms with van der Waals surface area (Å²) in [4.78, 5) is 19.5. The van der Waals surface area contributed by atoms with Crippen molar-refractivity contribution in [1.29, 1.82) is 0 Å². The second-order valence-electron chi connectivity index (χ2n) is 10.3. The van der Waals surface area contributed by atoms with Crippen LogP contribution in [0, 0.1) is 31.5 Å². The molecular formula is C36H28F2N4O2Pt. The average molecular weight is 782 g/mol. The van der Waals surface area contributed by atoms with E-state index in [1.807, 2.05) is 80.6 Å². The molecule has 228 valence electrons. The minimum atomic E-state index is -1.16. The Kier molecular flexibility index (Phi) is 9.26. The maximum atomic E-state index is 15.1. The van der Waals surface area contributed by atoms with Crippen LogP contribution in [0.1, 0.15) is 33.9 Å². The molecule has 0 bridgehead atoms. The van der Waals surface area contributed by atoms with Crippen LogP contribution in [-0.4, -0.2) is 29.2 Å². The number of pyridine rings is 2. The summed E-state index contributed by atoms with van der Waals surface area (Å²) in [5, 5.41) is 0. The fourth-order valence-corrected chi connectivity index (χ4v) is 5.40. The fourth-order valence-electron chi connectivity index (χ4n) is 5.40. The molecule has 3 aromatic carbocycles. The van der Waals surface area contributed by atoms with E-state index in [0.29, 0.717) is 34.4 Å². The van der Waals surface area contributed by atoms with Gasteiger partial charge < -0.3 is 19.4 Å². The van der Waals surface area contributed by atoms with Crippen LogP contribution in [0.5, 0.6) is 11.5 Å². The van der Waals surface area contributed by atoms with Crippen molar-refractivity contribution in [3.8, 4) is 34.3 Å². The minimum Gasteiger partial charge on any atom is -0.497 e. The van der Waals surface area contributed by atoms with E-state index in [4.69, 9.17) is 19.4 Å². The molecule has 0 amide bonds. The van der Waals surface area contributed by atoms with Crippen LogP contribution in [0.2, 0.25) is 0 Å². The summed E-state index contributed by atoms with van der Waals surface area (Å²) >= 11 is 0. The van der Waals surface area contributed by atoms with Crippen LogP contribution in [0.25, 0.3) is 22.8 Å². The number of benzene rings is 3. The average Bonchev–Trinajstić information content (AvgIpc) is 3.39. The molecule has 0 spiro atoms. The first-order chi connectivity index (χ1) is 21.3. The monoisotopic (exact) mass is 781 g/mol. The normalized spacial score (nSPS) is 11.2. The molecule has 3 aromatic heterocycles. The molecule has 0 saturated carbocycles. The standard InChI is InChI=1S/C36H28F2N4O2.Pt/c1-22-23(2)40-35(39-22)32-19-28(44-4)21-34(42-32)36(24-11-7-5-8-12-24,25-13-9-6-10-14-25)33-20-27(43-3)18-31(41-33)29-16-15-26(37)17-30(29)38;/h5-15,17-21H,1-4H3;/q-2;+2. The Morgan fingerprint density at radius 1 is 0.711 bits per heavy atom. The van der Waals surface area contributed by atoms with E-state index < -0.39 is 17.0 Å². The molecule has 0 unspecified atom stereocenters. The molecule has 0 aliphatic rings. The Balaban J connectivity index is 0.00000400. The van der Waals surface area contributed by atoms with Crippen LogP contribution in [-0.2, 0) is 26.5 Å². The van der Waals surface area contributed by atoms with Crippen molar-refractivity contribution >= 4 is 0 Å². The van der Waals surface area contributed by atoms with E-state index in [-0.39, 0.29) is 32.3 Å². The first kappa shape index (κ1) is 31.7. The smallest absolute Gasteiger partial charge is 0.497 e. The SMILES string of the molecule is COc1cc(-c2nc(C)c(C)[n-]2)nc(C(c2ccccc2)(c2ccccc2)c2cc(OC)cc(-c3[c-]cc(F)cc3F)n2)c1.[Pt+2]. The molecule has 0 atom stereocenters. The molecule has 45 heavy (non-hydrogen) atoms. The Labute approximate surface area is 274 Å². The molecule has 0 fully saturated rings. The van der Waals surface area contributed by atoms with Crippen LogP contribution in [0.15, 0.2) is 97.1 Å². The van der Waals surface area contributed by atoms with Crippen molar-refractivity contribution in [1.82, 2.24) is 19.9 Å². The van der Waals surface area contributed by atoms with Gasteiger partial charge in [-0.05, 0) is 42.6 Å². The van der Waals surface area contributed by atoms with Crippen molar-refractivity contribution in [2.75, 3.05) is 14.2 Å². The summed E-state index contributed by atoms with van der Waals surface area (Å²) in [6.07, 6.45) is 0. The fraction of sp³-hybridized carbons (Fsp3) is 0.139. The van der Waals surface area contributed by atoms with Crippen molar-refractivity contribution in [3.05, 3.63) is 149 Å². The van der Waals surface area contributed by atoms with Gasteiger partial charge in [-0.3, -0.25) is 18.7 Å². The third-order valence-corrected chi connectivity index (χ3v) is 7.67. The number of aromatic nitrogens is 4. The summed E-state index contributed by atoms with van der Waals surface area (Å²) in [6.45, 7) is 3.80. The van der Waals surface area contributed by atoms with Gasteiger partial charge in [0.1, 0.15) is 16.9 Å². The Morgan fingerprint density at radius 2 is 1.24 bits per heavy atom. The number of nitrogens with zero attached hydrogens (tertiary/aromatic N) is 4. The van der Waals surface area contributed by atoms with Gasteiger partial charge in [-0.2, -0.15) is 0 Å². The van der Waals surface area contributed by atoms with Gasteiger partial charge in [-0.1, -0.05) is 83.7 Å². The summed E-state index contributed by atoms with van der Waals surface area (Å²) < 4.78 is 40.5. The molecule has 6 aromatic rings. The Bertz CT molecular complexity index is 1890. The number of ether oxygens (including phenoxy) is 2. The number of rotatable bonds is 8. The molecule has 0 aliphatic heterocycles. The molecular weight excluding hydrogens is 753 g/mol. The third kappa shape index (κ3) is 5.90. The molecule has 0 N–H and O–H groups in total. The number of hydrogen-bond acceptors (Lipinski definition) is 5. The second-order valence-corrected chi connectivity index (χ2v) is 10.3. The van der Waals surface area contributed by atoms with Crippen LogP contribution < -0.4 is 14.5 Å². The molecule has 6 nitrogen and oxygen atoms in total. The van der Waals surface area contributed by atoms with E-state index in [1.165, 1.54) is 7.11 Å². The molecule has 0 saturated heterocycles. The van der Waals surface area contributed by atoms with Gasteiger partial charge in [0.2, 0.25) is 0 Å². The first-order valence-electron chi connectivity index (χ1n) is 13.9. The summed E-state index contributed by atoms with van der Waals surface area (Å²) in [5.74, 6) is -0.0832. The van der Waals surface area contributed by atoms with Crippen molar-refractivity contribution < 1.29 is 39.3 Å². The number of methoxy groups -OCH3 is 2. The van der Waals surface area contributed by atoms with Gasteiger partial charge in [-0.25, -0.2) is 0 Å². The Hall–Kier alpha value is -4.68. The van der Waals surface area contributed by atoms with E-state index in [9.17, 15) is 4.39 Å². The zero-order valence-electron chi connectivity index (χ0n) is 24.9. The maximum Gasteiger partial charge on any atom is 2.00 e. The number of aryl methyl sites for hydroxylation is 2. The summed E-state index contributed by atoms with van der Waals surface area (Å²) in [7, 11) is 3.12. The van der Waals surface area contributed by atoms with Gasteiger partial charge >= 0.3 is 21.1 Å². The van der Waals surface area contributed by atoms with Gasteiger partial charge in [-0.15, -0.1) is 12.1 Å². The van der Waals surface area contributed by atoms with Gasteiger partial charge in [0, 0.05) is 29.8 Å². The molecule has 9 heteroatoms. The quantitative estimate of drug-likeness (QED) is 0.152. The number of hydrogen-bond donors (Lipinski definition) is 0.